The van der Waals surface area contributed by atoms with Crippen molar-refractivity contribution >= 4 is 22.3 Å². The van der Waals surface area contributed by atoms with Crippen LogP contribution in [0, 0.1) is 11.6 Å². The molecule has 0 atom stereocenters. The molecule has 0 spiro atoms. The van der Waals surface area contributed by atoms with Crippen molar-refractivity contribution < 1.29 is 8.78 Å². The van der Waals surface area contributed by atoms with Crippen molar-refractivity contribution in [3.63, 3.8) is 0 Å². The lowest BCUT2D eigenvalue weighted by molar-refractivity contribution is 0.597. The van der Waals surface area contributed by atoms with Gasteiger partial charge in [-0.15, -0.1) is 0 Å². The first-order valence-electron chi connectivity index (χ1n) is 9.41. The van der Waals surface area contributed by atoms with Crippen molar-refractivity contribution in [3.05, 3.63) is 90.0 Å². The molecule has 0 fully saturated rings. The highest BCUT2D eigenvalue weighted by molar-refractivity contribution is 5.91. The number of fused-ring (bicyclic) bond motifs is 2. The summed E-state index contributed by atoms with van der Waals surface area (Å²) in [6.45, 7) is 0.782. The molecule has 0 bridgehead atoms. The largest absolute Gasteiger partial charge is 0.339 e. The quantitative estimate of drug-likeness (QED) is 0.413. The van der Waals surface area contributed by atoms with E-state index in [2.05, 4.69) is 11.0 Å². The van der Waals surface area contributed by atoms with Gasteiger partial charge in [0.15, 0.2) is 0 Å². The SMILES string of the molecule is Fc1ccc(-c2nc3ccccc3cc2N2CCCc3c(F)cccc32)cc1. The fraction of sp³-hybridized carbons (Fsp3) is 0.125. The maximum atomic E-state index is 14.4. The first-order valence-corrected chi connectivity index (χ1v) is 9.41. The molecule has 1 aliphatic heterocycles. The van der Waals surface area contributed by atoms with Gasteiger partial charge >= 0.3 is 0 Å². The summed E-state index contributed by atoms with van der Waals surface area (Å²) in [5.41, 5.74) is 5.03. The molecule has 0 saturated heterocycles. The van der Waals surface area contributed by atoms with E-state index in [0.717, 1.165) is 58.5 Å². The Morgan fingerprint density at radius 2 is 1.64 bits per heavy atom. The number of rotatable bonds is 2. The van der Waals surface area contributed by atoms with E-state index in [-0.39, 0.29) is 11.6 Å². The predicted octanol–water partition coefficient (Wildman–Crippen LogP) is 6.26. The molecule has 28 heavy (non-hydrogen) atoms. The highest BCUT2D eigenvalue weighted by Gasteiger charge is 2.24. The van der Waals surface area contributed by atoms with Crippen LogP contribution in [0.1, 0.15) is 12.0 Å². The summed E-state index contributed by atoms with van der Waals surface area (Å²) in [5.74, 6) is -0.448. The summed E-state index contributed by atoms with van der Waals surface area (Å²) in [6, 6.07) is 21.6. The van der Waals surface area contributed by atoms with Crippen molar-refractivity contribution in [2.45, 2.75) is 12.8 Å². The lowest BCUT2D eigenvalue weighted by Crippen LogP contribution is -2.26. The van der Waals surface area contributed by atoms with E-state index < -0.39 is 0 Å². The molecule has 1 aromatic heterocycles. The van der Waals surface area contributed by atoms with Crippen molar-refractivity contribution in [2.75, 3.05) is 11.4 Å². The maximum Gasteiger partial charge on any atom is 0.128 e. The van der Waals surface area contributed by atoms with Crippen molar-refractivity contribution in [2.24, 2.45) is 0 Å². The number of nitrogens with zero attached hydrogens (tertiary/aromatic N) is 2. The Labute approximate surface area is 162 Å². The molecular formula is C24H18F2N2. The summed E-state index contributed by atoms with van der Waals surface area (Å²) < 4.78 is 27.9. The molecular weight excluding hydrogens is 354 g/mol. The van der Waals surface area contributed by atoms with Gasteiger partial charge in [-0.3, -0.25) is 0 Å². The molecule has 0 N–H and O–H groups in total. The van der Waals surface area contributed by atoms with Gasteiger partial charge in [0, 0.05) is 28.7 Å². The number of benzene rings is 3. The van der Waals surface area contributed by atoms with Crippen molar-refractivity contribution in [3.8, 4) is 11.3 Å². The highest BCUT2D eigenvalue weighted by Crippen LogP contribution is 2.40. The molecule has 3 aromatic carbocycles. The lowest BCUT2D eigenvalue weighted by Gasteiger charge is -2.33. The molecule has 0 amide bonds. The smallest absolute Gasteiger partial charge is 0.128 e. The fourth-order valence-electron chi connectivity index (χ4n) is 3.96. The zero-order valence-corrected chi connectivity index (χ0v) is 15.2. The second-order valence-electron chi connectivity index (χ2n) is 7.05. The summed E-state index contributed by atoms with van der Waals surface area (Å²) in [4.78, 5) is 7.03. The molecule has 4 heteroatoms. The average molecular weight is 372 g/mol. The lowest BCUT2D eigenvalue weighted by atomic mass is 9.98. The van der Waals surface area contributed by atoms with Gasteiger partial charge in [-0.25, -0.2) is 13.8 Å². The molecule has 1 aliphatic rings. The number of para-hydroxylation sites is 1. The monoisotopic (exact) mass is 372 g/mol. The molecule has 0 aliphatic carbocycles. The molecule has 2 heterocycles. The summed E-state index contributed by atoms with van der Waals surface area (Å²) in [5, 5.41) is 1.02. The third kappa shape index (κ3) is 2.82. The van der Waals surface area contributed by atoms with E-state index >= 15 is 0 Å². The first kappa shape index (κ1) is 16.9. The summed E-state index contributed by atoms with van der Waals surface area (Å²) >= 11 is 0. The molecule has 0 unspecified atom stereocenters. The molecule has 0 radical (unpaired) electrons. The second-order valence-corrected chi connectivity index (χ2v) is 7.05. The minimum absolute atomic E-state index is 0.167. The Bertz CT molecular complexity index is 1170. The third-order valence-corrected chi connectivity index (χ3v) is 5.31. The van der Waals surface area contributed by atoms with Gasteiger partial charge in [0.2, 0.25) is 0 Å². The van der Waals surface area contributed by atoms with Crippen LogP contribution in [-0.2, 0) is 6.42 Å². The number of hydrogen-bond donors (Lipinski definition) is 0. The molecule has 2 nitrogen and oxygen atoms in total. The van der Waals surface area contributed by atoms with Crippen LogP contribution < -0.4 is 4.90 Å². The zero-order chi connectivity index (χ0) is 19.1. The van der Waals surface area contributed by atoms with E-state index in [1.165, 1.54) is 18.2 Å². The molecule has 0 saturated carbocycles. The minimum atomic E-state index is -0.281. The number of anilines is 2. The standard InChI is InChI=1S/C24H18F2N2/c25-18-12-10-16(11-13-18)24-23(15-17-5-1-2-8-21(17)27-24)28-14-4-6-19-20(26)7-3-9-22(19)28/h1-3,5,7-13,15H,4,6,14H2. The normalized spacial score (nSPS) is 13.6. The molecule has 138 valence electrons. The van der Waals surface area contributed by atoms with Gasteiger partial charge in [-0.05, 0) is 61.4 Å². The summed E-state index contributed by atoms with van der Waals surface area (Å²) in [6.07, 6.45) is 1.59. The Balaban J connectivity index is 1.76. The molecule has 4 aromatic rings. The summed E-state index contributed by atoms with van der Waals surface area (Å²) in [7, 11) is 0. The van der Waals surface area contributed by atoms with Crippen LogP contribution in [0.2, 0.25) is 0 Å². The number of pyridine rings is 1. The average Bonchev–Trinajstić information content (AvgIpc) is 2.73. The predicted molar refractivity (Wildman–Crippen MR) is 109 cm³/mol. The van der Waals surface area contributed by atoms with Crippen molar-refractivity contribution in [1.82, 2.24) is 4.98 Å². The zero-order valence-electron chi connectivity index (χ0n) is 15.2. The van der Waals surface area contributed by atoms with Crippen molar-refractivity contribution in [1.29, 1.82) is 0 Å². The van der Waals surface area contributed by atoms with Crippen LogP contribution in [0.4, 0.5) is 20.2 Å². The number of halogens is 2. The van der Waals surface area contributed by atoms with Crippen LogP contribution in [0.25, 0.3) is 22.2 Å². The van der Waals surface area contributed by atoms with E-state index in [0.29, 0.717) is 0 Å². The van der Waals surface area contributed by atoms with Gasteiger partial charge in [0.25, 0.3) is 0 Å². The Hall–Kier alpha value is -3.27. The van der Waals surface area contributed by atoms with Crippen LogP contribution in [0.5, 0.6) is 0 Å². The van der Waals surface area contributed by atoms with Gasteiger partial charge in [-0.1, -0.05) is 24.3 Å². The first-order chi connectivity index (χ1) is 13.7. The second kappa shape index (κ2) is 6.71. The van der Waals surface area contributed by atoms with Gasteiger partial charge in [-0.2, -0.15) is 0 Å². The number of hydrogen-bond acceptors (Lipinski definition) is 2. The van der Waals surface area contributed by atoms with E-state index in [1.807, 2.05) is 30.3 Å². The van der Waals surface area contributed by atoms with Crippen LogP contribution in [0.15, 0.2) is 72.8 Å². The third-order valence-electron chi connectivity index (χ3n) is 5.31. The van der Waals surface area contributed by atoms with Crippen LogP contribution >= 0.6 is 0 Å². The Morgan fingerprint density at radius 1 is 0.821 bits per heavy atom. The number of aromatic nitrogens is 1. The fourth-order valence-corrected chi connectivity index (χ4v) is 3.96. The minimum Gasteiger partial charge on any atom is -0.339 e. The van der Waals surface area contributed by atoms with Crippen LogP contribution in [0.3, 0.4) is 0 Å². The molecule has 5 rings (SSSR count). The van der Waals surface area contributed by atoms with Gasteiger partial charge in [0.1, 0.15) is 11.6 Å². The topological polar surface area (TPSA) is 16.1 Å². The maximum absolute atomic E-state index is 14.4. The van der Waals surface area contributed by atoms with Gasteiger partial charge < -0.3 is 4.90 Å². The highest BCUT2D eigenvalue weighted by atomic mass is 19.1. The van der Waals surface area contributed by atoms with Gasteiger partial charge in [0.05, 0.1) is 16.9 Å². The van der Waals surface area contributed by atoms with E-state index in [1.54, 1.807) is 18.2 Å². The van der Waals surface area contributed by atoms with Crippen LogP contribution in [-0.4, -0.2) is 11.5 Å². The van der Waals surface area contributed by atoms with E-state index in [9.17, 15) is 8.78 Å². The van der Waals surface area contributed by atoms with E-state index in [4.69, 9.17) is 4.98 Å². The Morgan fingerprint density at radius 3 is 2.50 bits per heavy atom. The Kier molecular flexibility index (Phi) is 4.05.